The molecule has 0 fully saturated rings. The van der Waals surface area contributed by atoms with Crippen LogP contribution in [0.1, 0.15) is 16.7 Å². The van der Waals surface area contributed by atoms with Gasteiger partial charge in [-0.2, -0.15) is 0 Å². The third-order valence-electron chi connectivity index (χ3n) is 4.93. The standard InChI is InChI=1S/C24H27ClP/c25-26(19-16-22-10-4-1-5-11-22,20-17-23-12-6-2-7-13-23)21-18-24-14-8-3-9-15-24/h1-15H,16-21H2/q+1. The van der Waals surface area contributed by atoms with Crippen LogP contribution in [0.3, 0.4) is 0 Å². The summed E-state index contributed by atoms with van der Waals surface area (Å²) in [6.07, 6.45) is 6.62. The Balaban J connectivity index is 1.64. The van der Waals surface area contributed by atoms with E-state index in [1.165, 1.54) is 16.7 Å². The fraction of sp³-hybridized carbons (Fsp3) is 0.250. The van der Waals surface area contributed by atoms with Gasteiger partial charge in [-0.1, -0.05) is 91.0 Å². The van der Waals surface area contributed by atoms with Crippen LogP contribution >= 0.6 is 17.9 Å². The molecule has 0 atom stereocenters. The molecular formula is C24H27ClP+. The molecule has 0 unspecified atom stereocenters. The highest BCUT2D eigenvalue weighted by atomic mass is 35.7. The van der Waals surface area contributed by atoms with Gasteiger partial charge in [0.15, 0.2) is 0 Å². The second kappa shape index (κ2) is 9.91. The topological polar surface area (TPSA) is 0 Å². The minimum atomic E-state index is -1.49. The lowest BCUT2D eigenvalue weighted by molar-refractivity contribution is 1.06. The van der Waals surface area contributed by atoms with Crippen molar-refractivity contribution in [3.8, 4) is 0 Å². The summed E-state index contributed by atoms with van der Waals surface area (Å²) in [6.45, 7) is -1.49. The normalized spacial score (nSPS) is 11.4. The van der Waals surface area contributed by atoms with E-state index < -0.39 is 6.62 Å². The van der Waals surface area contributed by atoms with E-state index in [4.69, 9.17) is 11.2 Å². The second-order valence-electron chi connectivity index (χ2n) is 6.91. The van der Waals surface area contributed by atoms with Crippen molar-refractivity contribution < 1.29 is 0 Å². The van der Waals surface area contributed by atoms with Crippen molar-refractivity contribution in [2.75, 3.05) is 18.5 Å². The van der Waals surface area contributed by atoms with E-state index in [0.717, 1.165) is 37.7 Å². The summed E-state index contributed by atoms with van der Waals surface area (Å²) >= 11 is 7.30. The Kier molecular flexibility index (Phi) is 7.30. The van der Waals surface area contributed by atoms with Crippen molar-refractivity contribution in [3.63, 3.8) is 0 Å². The minimum Gasteiger partial charge on any atom is -0.0622 e. The first-order valence-corrected chi connectivity index (χ1v) is 12.7. The molecule has 0 heterocycles. The first-order valence-electron chi connectivity index (χ1n) is 9.41. The van der Waals surface area contributed by atoms with Crippen LogP contribution in [0.2, 0.25) is 0 Å². The Morgan fingerprint density at radius 3 is 1.00 bits per heavy atom. The van der Waals surface area contributed by atoms with Crippen LogP contribution in [0.15, 0.2) is 91.0 Å². The van der Waals surface area contributed by atoms with Crippen LogP contribution in [0.4, 0.5) is 0 Å². The van der Waals surface area contributed by atoms with Gasteiger partial charge in [0, 0.05) is 19.3 Å². The molecule has 0 aliphatic rings. The van der Waals surface area contributed by atoms with Gasteiger partial charge in [-0.3, -0.25) is 0 Å². The van der Waals surface area contributed by atoms with E-state index in [1.54, 1.807) is 0 Å². The summed E-state index contributed by atoms with van der Waals surface area (Å²) in [5.74, 6) is 0. The molecule has 0 nitrogen and oxygen atoms in total. The Bertz CT molecular complexity index is 650. The summed E-state index contributed by atoms with van der Waals surface area (Å²) < 4.78 is 0. The highest BCUT2D eigenvalue weighted by Crippen LogP contribution is 2.64. The van der Waals surface area contributed by atoms with Crippen molar-refractivity contribution >= 4 is 17.9 Å². The lowest BCUT2D eigenvalue weighted by Crippen LogP contribution is -2.09. The first kappa shape index (κ1) is 19.2. The summed E-state index contributed by atoms with van der Waals surface area (Å²) in [5, 5.41) is 0. The van der Waals surface area contributed by atoms with Gasteiger partial charge in [-0.15, -0.1) is 0 Å². The molecule has 26 heavy (non-hydrogen) atoms. The van der Waals surface area contributed by atoms with Crippen LogP contribution in [-0.2, 0) is 19.3 Å². The van der Waals surface area contributed by atoms with Gasteiger partial charge < -0.3 is 0 Å². The molecule has 0 N–H and O–H groups in total. The van der Waals surface area contributed by atoms with E-state index in [-0.39, 0.29) is 0 Å². The number of halogens is 1. The summed E-state index contributed by atoms with van der Waals surface area (Å²) in [6, 6.07) is 32.3. The van der Waals surface area contributed by atoms with Gasteiger partial charge in [0.2, 0.25) is 0 Å². The number of rotatable bonds is 9. The smallest absolute Gasteiger partial charge is 0.0622 e. The van der Waals surface area contributed by atoms with Gasteiger partial charge in [-0.25, -0.2) is 0 Å². The average Bonchev–Trinajstić information content (AvgIpc) is 2.72. The minimum absolute atomic E-state index is 1.09. The maximum atomic E-state index is 7.30. The van der Waals surface area contributed by atoms with Crippen molar-refractivity contribution in [2.24, 2.45) is 0 Å². The first-order chi connectivity index (χ1) is 12.7. The lowest BCUT2D eigenvalue weighted by atomic mass is 10.2. The van der Waals surface area contributed by atoms with Crippen LogP contribution in [0.5, 0.6) is 0 Å². The van der Waals surface area contributed by atoms with E-state index in [1.807, 2.05) is 0 Å². The highest BCUT2D eigenvalue weighted by Gasteiger charge is 2.35. The van der Waals surface area contributed by atoms with Gasteiger partial charge in [0.1, 0.15) is 6.62 Å². The fourth-order valence-electron chi connectivity index (χ4n) is 3.26. The molecule has 134 valence electrons. The van der Waals surface area contributed by atoms with E-state index in [0.29, 0.717) is 0 Å². The Morgan fingerprint density at radius 2 is 0.731 bits per heavy atom. The molecule has 0 aliphatic carbocycles. The predicted octanol–water partition coefficient (Wildman–Crippen LogP) is 6.89. The monoisotopic (exact) mass is 381 g/mol. The molecule has 3 rings (SSSR count). The zero-order valence-electron chi connectivity index (χ0n) is 15.2. The average molecular weight is 382 g/mol. The zero-order chi connectivity index (χ0) is 18.1. The molecular weight excluding hydrogens is 355 g/mol. The molecule has 0 aliphatic heterocycles. The second-order valence-corrected chi connectivity index (χ2v) is 12.5. The molecule has 0 spiro atoms. The molecule has 0 saturated heterocycles. The quantitative estimate of drug-likeness (QED) is 0.354. The maximum Gasteiger partial charge on any atom is 0.114 e. The predicted molar refractivity (Wildman–Crippen MR) is 118 cm³/mol. The van der Waals surface area contributed by atoms with Crippen molar-refractivity contribution in [2.45, 2.75) is 19.3 Å². The summed E-state index contributed by atoms with van der Waals surface area (Å²) in [4.78, 5) is 0. The van der Waals surface area contributed by atoms with Crippen LogP contribution in [0.25, 0.3) is 0 Å². The molecule has 3 aromatic rings. The number of hydrogen-bond acceptors (Lipinski definition) is 0. The molecule has 0 bridgehead atoms. The van der Waals surface area contributed by atoms with Crippen LogP contribution in [-0.4, -0.2) is 18.5 Å². The summed E-state index contributed by atoms with van der Waals surface area (Å²) in [7, 11) is 0. The van der Waals surface area contributed by atoms with Gasteiger partial charge in [-0.05, 0) is 16.7 Å². The highest BCUT2D eigenvalue weighted by molar-refractivity contribution is 7.99. The Morgan fingerprint density at radius 1 is 0.462 bits per heavy atom. The van der Waals surface area contributed by atoms with Crippen LogP contribution in [0, 0.1) is 0 Å². The van der Waals surface area contributed by atoms with Gasteiger partial charge in [0.05, 0.1) is 29.7 Å². The lowest BCUT2D eigenvalue weighted by Gasteiger charge is -2.20. The van der Waals surface area contributed by atoms with Crippen LogP contribution < -0.4 is 0 Å². The molecule has 2 heteroatoms. The molecule has 0 radical (unpaired) electrons. The molecule has 0 saturated carbocycles. The fourth-order valence-corrected chi connectivity index (χ4v) is 6.67. The zero-order valence-corrected chi connectivity index (χ0v) is 16.9. The van der Waals surface area contributed by atoms with Crippen molar-refractivity contribution in [1.29, 1.82) is 0 Å². The largest absolute Gasteiger partial charge is 0.114 e. The molecule has 3 aromatic carbocycles. The molecule has 0 amide bonds. The summed E-state index contributed by atoms with van der Waals surface area (Å²) in [5.41, 5.74) is 4.20. The Labute approximate surface area is 163 Å². The van der Waals surface area contributed by atoms with Gasteiger partial charge >= 0.3 is 0 Å². The maximum absolute atomic E-state index is 7.30. The number of hydrogen-bond donors (Lipinski definition) is 0. The number of aryl methyl sites for hydroxylation is 3. The van der Waals surface area contributed by atoms with E-state index in [9.17, 15) is 0 Å². The third-order valence-corrected chi connectivity index (χ3v) is 9.53. The third kappa shape index (κ3) is 6.27. The number of benzene rings is 3. The van der Waals surface area contributed by atoms with E-state index >= 15 is 0 Å². The van der Waals surface area contributed by atoms with Crippen molar-refractivity contribution in [1.82, 2.24) is 0 Å². The van der Waals surface area contributed by atoms with Crippen molar-refractivity contribution in [3.05, 3.63) is 108 Å². The SMILES string of the molecule is Cl[P+](CCc1ccccc1)(CCc1ccccc1)CCc1ccccc1. The van der Waals surface area contributed by atoms with E-state index in [2.05, 4.69) is 91.0 Å². The molecule has 0 aromatic heterocycles. The Hall–Kier alpha value is -1.62. The van der Waals surface area contributed by atoms with Gasteiger partial charge in [0.25, 0.3) is 0 Å².